The number of benzene rings is 2. The maximum Gasteiger partial charge on any atom is 0.145 e. The van der Waals surface area contributed by atoms with Crippen LogP contribution in [0.4, 0.5) is 17.5 Å². The molecule has 2 aliphatic rings. The van der Waals surface area contributed by atoms with Crippen LogP contribution in [-0.2, 0) is 14.1 Å². The number of nitrogens with zero attached hydrogens (tertiary/aromatic N) is 10. The predicted octanol–water partition coefficient (Wildman–Crippen LogP) is 10.9. The van der Waals surface area contributed by atoms with Crippen molar-refractivity contribution in [1.82, 2.24) is 59.8 Å². The summed E-state index contributed by atoms with van der Waals surface area (Å²) < 4.78 is 25.7. The molecule has 0 radical (unpaired) electrons. The van der Waals surface area contributed by atoms with Crippen molar-refractivity contribution in [1.29, 1.82) is 0 Å². The van der Waals surface area contributed by atoms with Crippen LogP contribution in [0, 0.1) is 41.5 Å². The first kappa shape index (κ1) is 45.7. The van der Waals surface area contributed by atoms with Crippen molar-refractivity contribution in [2.24, 2.45) is 14.1 Å². The minimum atomic E-state index is 0. The van der Waals surface area contributed by atoms with Crippen LogP contribution in [0.2, 0.25) is 5.15 Å². The summed E-state index contributed by atoms with van der Waals surface area (Å²) in [5.74, 6) is 7.96. The number of aromatic amines is 2. The molecule has 0 atom stereocenters. The van der Waals surface area contributed by atoms with Gasteiger partial charge in [0.2, 0.25) is 0 Å². The standard InChI is InChI=1S/C24H25N7O2.C17H15ClN4O2.C7H11N3.CH4/c1-11-21(12(2)33-30-11)16-8-18-15(9-19(16)32-5)22-23(27-18)25-13(3)26-24(22)28-20-10-17(14-6-7-14)29-31(20)4;1-7-14(8(2)24-22-7)11-5-12-10(6-13(11)23-4)15-16(18)19-9(3)20-17(15)21-12;1-10-7(8)4-6(9-10)5-2-3-5;/h8-10,14H,6-7H2,1-5H3,(H2,25,26,27,28);5-6H,1-4H3,(H,19,20,21);4-5H,2-3,8H2,1H3;1H4. The summed E-state index contributed by atoms with van der Waals surface area (Å²) in [6.45, 7) is 11.3. The minimum absolute atomic E-state index is 0. The lowest BCUT2D eigenvalue weighted by Gasteiger charge is -2.10. The third kappa shape index (κ3) is 8.33. The summed E-state index contributed by atoms with van der Waals surface area (Å²) in [6.07, 6.45) is 5.00. The highest BCUT2D eigenvalue weighted by Gasteiger charge is 2.28. The van der Waals surface area contributed by atoms with Crippen molar-refractivity contribution in [2.45, 2.75) is 86.5 Å². The van der Waals surface area contributed by atoms with E-state index in [1.165, 1.54) is 31.4 Å². The van der Waals surface area contributed by atoms with Gasteiger partial charge in [0.05, 0.1) is 58.9 Å². The molecule has 5 N–H and O–H groups in total. The summed E-state index contributed by atoms with van der Waals surface area (Å²) in [6, 6.07) is 12.1. The number of nitrogen functional groups attached to an aromatic ring is 1. The Labute approximate surface area is 397 Å². The highest BCUT2D eigenvalue weighted by molar-refractivity contribution is 6.36. The van der Waals surface area contributed by atoms with Gasteiger partial charge in [0.1, 0.15) is 68.6 Å². The number of rotatable bonds is 8. The lowest BCUT2D eigenvalue weighted by atomic mass is 10.0. The second-order valence-corrected chi connectivity index (χ2v) is 17.7. The zero-order chi connectivity index (χ0) is 47.0. The summed E-state index contributed by atoms with van der Waals surface area (Å²) in [4.78, 5) is 24.9. The first-order valence-electron chi connectivity index (χ1n) is 22.1. The molecule has 0 amide bonds. The van der Waals surface area contributed by atoms with Gasteiger partial charge < -0.3 is 39.5 Å². The van der Waals surface area contributed by atoms with Crippen LogP contribution in [0.5, 0.6) is 11.5 Å². The molecule has 0 bridgehead atoms. The minimum Gasteiger partial charge on any atom is -0.496 e. The number of ether oxygens (including phenoxy) is 2. The zero-order valence-corrected chi connectivity index (χ0v) is 39.8. The van der Waals surface area contributed by atoms with Crippen molar-refractivity contribution >= 4 is 72.9 Å². The van der Waals surface area contributed by atoms with Crippen molar-refractivity contribution < 1.29 is 18.5 Å². The van der Waals surface area contributed by atoms with Crippen LogP contribution in [0.1, 0.15) is 90.9 Å². The molecule has 68 heavy (non-hydrogen) atoms. The summed E-state index contributed by atoms with van der Waals surface area (Å²) in [5.41, 5.74) is 16.6. The number of H-pyrrole nitrogens is 2. The third-order valence-electron chi connectivity index (χ3n) is 12.4. The highest BCUT2D eigenvalue weighted by Crippen LogP contribution is 2.44. The second-order valence-electron chi connectivity index (χ2n) is 17.3. The maximum absolute atomic E-state index is 6.33. The molecule has 18 nitrogen and oxygen atoms in total. The van der Waals surface area contributed by atoms with E-state index in [4.69, 9.17) is 40.8 Å². The molecule has 0 spiro atoms. The Morgan fingerprint density at radius 3 is 1.62 bits per heavy atom. The number of aryl methyl sites for hydroxylation is 8. The Morgan fingerprint density at radius 2 is 1.15 bits per heavy atom. The molecule has 8 aromatic heterocycles. The van der Waals surface area contributed by atoms with Gasteiger partial charge in [-0.2, -0.15) is 10.2 Å². The van der Waals surface area contributed by atoms with E-state index < -0.39 is 0 Å². The molecule has 2 fully saturated rings. The molecule has 2 aliphatic carbocycles. The van der Waals surface area contributed by atoms with Crippen molar-refractivity contribution in [3.8, 4) is 33.8 Å². The second kappa shape index (κ2) is 17.6. The van der Waals surface area contributed by atoms with Crippen molar-refractivity contribution in [2.75, 3.05) is 25.3 Å². The first-order chi connectivity index (χ1) is 32.2. The molecule has 10 aromatic rings. The van der Waals surface area contributed by atoms with Gasteiger partial charge in [-0.1, -0.05) is 29.3 Å². The van der Waals surface area contributed by atoms with Gasteiger partial charge in [-0.15, -0.1) is 0 Å². The fourth-order valence-electron chi connectivity index (χ4n) is 8.76. The van der Waals surface area contributed by atoms with Crippen LogP contribution in [0.25, 0.3) is 66.1 Å². The lowest BCUT2D eigenvalue weighted by Crippen LogP contribution is -2.03. The first-order valence-corrected chi connectivity index (χ1v) is 22.5. The Morgan fingerprint density at radius 1 is 0.662 bits per heavy atom. The van der Waals surface area contributed by atoms with E-state index in [1.807, 2.05) is 84.6 Å². The third-order valence-corrected chi connectivity index (χ3v) is 12.7. The number of anilines is 3. The molecule has 8 heterocycles. The molecule has 0 aliphatic heterocycles. The fourth-order valence-corrected chi connectivity index (χ4v) is 9.08. The topological polar surface area (TPSA) is 227 Å². The van der Waals surface area contributed by atoms with Gasteiger partial charge in [-0.05, 0) is 91.5 Å². The molecule has 352 valence electrons. The molecule has 12 rings (SSSR count). The number of halogens is 1. The smallest absolute Gasteiger partial charge is 0.145 e. The van der Waals surface area contributed by atoms with Gasteiger partial charge in [0.25, 0.3) is 0 Å². The largest absolute Gasteiger partial charge is 0.496 e. The SMILES string of the molecule is C.COc1cc2c(cc1-c1c(C)noc1C)[nH]c1nc(C)nc(Cl)c12.COc1cc2c(cc1-c1c(C)noc1C)[nH]c1nc(C)nc(Nc3cc(C4CC4)nn3C)c12.Cn1nc(C2CC2)cc1N. The zero-order valence-electron chi connectivity index (χ0n) is 39.0. The Kier molecular flexibility index (Phi) is 11.8. The van der Waals surface area contributed by atoms with E-state index in [-0.39, 0.29) is 7.43 Å². The number of methoxy groups -OCH3 is 2. The van der Waals surface area contributed by atoms with Gasteiger partial charge >= 0.3 is 0 Å². The number of hydrogen-bond acceptors (Lipinski definition) is 14. The van der Waals surface area contributed by atoms with Gasteiger partial charge in [0, 0.05) is 71.0 Å². The van der Waals surface area contributed by atoms with Crippen LogP contribution in [0.3, 0.4) is 0 Å². The lowest BCUT2D eigenvalue weighted by molar-refractivity contribution is 0.393. The van der Waals surface area contributed by atoms with E-state index in [2.05, 4.69) is 62.9 Å². The Bertz CT molecular complexity index is 3470. The average molecular weight is 940 g/mol. The highest BCUT2D eigenvalue weighted by atomic mass is 35.5. The molecule has 19 heteroatoms. The molecule has 0 unspecified atom stereocenters. The van der Waals surface area contributed by atoms with E-state index in [1.54, 1.807) is 18.9 Å². The average Bonchev–Trinajstić information content (AvgIpc) is 4.11. The molecule has 2 saturated carbocycles. The van der Waals surface area contributed by atoms with Gasteiger partial charge in [0.15, 0.2) is 0 Å². The van der Waals surface area contributed by atoms with Gasteiger partial charge in [-0.3, -0.25) is 9.36 Å². The van der Waals surface area contributed by atoms with E-state index in [0.29, 0.717) is 34.3 Å². The van der Waals surface area contributed by atoms with Crippen molar-refractivity contribution in [3.05, 3.63) is 87.5 Å². The predicted molar refractivity (Wildman–Crippen MR) is 265 cm³/mol. The number of aromatic nitrogens is 12. The van der Waals surface area contributed by atoms with Crippen LogP contribution >= 0.6 is 11.6 Å². The van der Waals surface area contributed by atoms with E-state index in [9.17, 15) is 0 Å². The monoisotopic (exact) mass is 938 g/mol. The molecule has 0 saturated heterocycles. The van der Waals surface area contributed by atoms with Crippen LogP contribution in [-0.4, -0.2) is 74.0 Å². The van der Waals surface area contributed by atoms with Crippen LogP contribution < -0.4 is 20.5 Å². The number of fused-ring (bicyclic) bond motifs is 6. The van der Waals surface area contributed by atoms with Crippen molar-refractivity contribution in [3.63, 3.8) is 0 Å². The molecule has 2 aromatic carbocycles. The fraction of sp³-hybridized carbons (Fsp3) is 0.347. The molecular weight excluding hydrogens is 884 g/mol. The van der Waals surface area contributed by atoms with E-state index >= 15 is 0 Å². The maximum atomic E-state index is 6.33. The van der Waals surface area contributed by atoms with Gasteiger partial charge in [-0.25, -0.2) is 19.9 Å². The number of nitrogens with two attached hydrogens (primary N) is 1. The molecular formula is C49H55ClN14O4. The van der Waals surface area contributed by atoms with E-state index in [0.717, 1.165) is 118 Å². The van der Waals surface area contributed by atoms with Crippen LogP contribution in [0.15, 0.2) is 45.4 Å². The quantitative estimate of drug-likeness (QED) is 0.104. The Hall–Kier alpha value is -7.47. The Balaban J connectivity index is 0.000000144. The summed E-state index contributed by atoms with van der Waals surface area (Å²) in [5, 5.41) is 24.6. The summed E-state index contributed by atoms with van der Waals surface area (Å²) >= 11 is 6.33. The number of hydrogen-bond donors (Lipinski definition) is 4. The number of nitrogens with one attached hydrogen (secondary N) is 3. The summed E-state index contributed by atoms with van der Waals surface area (Å²) in [7, 11) is 7.14. The normalized spacial score (nSPS) is 13.4.